The number of methoxy groups -OCH3 is 1. The van der Waals surface area contributed by atoms with Crippen molar-refractivity contribution in [3.05, 3.63) is 0 Å². The molecular formula is C8H18N2O3S. The molecule has 0 bridgehead atoms. The summed E-state index contributed by atoms with van der Waals surface area (Å²) in [7, 11) is 0.0106. The van der Waals surface area contributed by atoms with Gasteiger partial charge in [0.05, 0.1) is 12.4 Å². The fourth-order valence-corrected chi connectivity index (χ4v) is 2.81. The summed E-state index contributed by atoms with van der Waals surface area (Å²) < 4.78 is 29.6. The van der Waals surface area contributed by atoms with Crippen LogP contribution in [0.25, 0.3) is 0 Å². The smallest absolute Gasteiger partial charge is 0.216 e. The van der Waals surface area contributed by atoms with Gasteiger partial charge in [0.15, 0.2) is 0 Å². The number of ether oxygens (including phenoxy) is 1. The minimum atomic E-state index is -3.14. The van der Waals surface area contributed by atoms with Crippen molar-refractivity contribution in [1.82, 2.24) is 9.62 Å². The molecular weight excluding hydrogens is 204 g/mol. The molecule has 14 heavy (non-hydrogen) atoms. The Morgan fingerprint density at radius 2 is 2.29 bits per heavy atom. The maximum Gasteiger partial charge on any atom is 0.216 e. The summed E-state index contributed by atoms with van der Waals surface area (Å²) in [4.78, 5) is 0. The van der Waals surface area contributed by atoms with Crippen molar-refractivity contribution >= 4 is 10.0 Å². The summed E-state index contributed by atoms with van der Waals surface area (Å²) in [6, 6.07) is 0.108. The highest BCUT2D eigenvalue weighted by molar-refractivity contribution is 7.89. The third-order valence-corrected chi connectivity index (χ3v) is 4.39. The first kappa shape index (κ1) is 11.9. The summed E-state index contributed by atoms with van der Waals surface area (Å²) >= 11 is 0. The van der Waals surface area contributed by atoms with Crippen molar-refractivity contribution in [2.45, 2.75) is 12.5 Å². The third kappa shape index (κ3) is 2.91. The molecule has 1 heterocycles. The maximum atomic E-state index is 11.7. The Hall–Kier alpha value is -0.170. The first-order valence-corrected chi connectivity index (χ1v) is 6.34. The third-order valence-electron chi connectivity index (χ3n) is 2.53. The van der Waals surface area contributed by atoms with Crippen LogP contribution in [0.5, 0.6) is 0 Å². The fourth-order valence-electron chi connectivity index (χ4n) is 1.51. The summed E-state index contributed by atoms with van der Waals surface area (Å²) in [6.45, 7) is 1.91. The van der Waals surface area contributed by atoms with Crippen LogP contribution in [0.4, 0.5) is 0 Å². The van der Waals surface area contributed by atoms with Gasteiger partial charge in [-0.15, -0.1) is 0 Å². The van der Waals surface area contributed by atoms with Gasteiger partial charge in [-0.1, -0.05) is 0 Å². The zero-order chi connectivity index (χ0) is 10.6. The lowest BCUT2D eigenvalue weighted by Gasteiger charge is -2.22. The van der Waals surface area contributed by atoms with E-state index < -0.39 is 10.0 Å². The SMILES string of the molecule is COCCS(=O)(=O)N(C)C1CCNC1. The van der Waals surface area contributed by atoms with Crippen LogP contribution in [0.3, 0.4) is 0 Å². The van der Waals surface area contributed by atoms with Crippen LogP contribution in [0.2, 0.25) is 0 Å². The largest absolute Gasteiger partial charge is 0.384 e. The maximum absolute atomic E-state index is 11.7. The van der Waals surface area contributed by atoms with E-state index in [1.165, 1.54) is 11.4 Å². The van der Waals surface area contributed by atoms with E-state index in [1.807, 2.05) is 0 Å². The topological polar surface area (TPSA) is 58.6 Å². The van der Waals surface area contributed by atoms with Crippen LogP contribution >= 0.6 is 0 Å². The molecule has 1 fully saturated rings. The normalized spacial score (nSPS) is 23.2. The lowest BCUT2D eigenvalue weighted by molar-refractivity contribution is 0.215. The van der Waals surface area contributed by atoms with E-state index >= 15 is 0 Å². The second-order valence-corrected chi connectivity index (χ2v) is 5.62. The standard InChI is InChI=1S/C8H18N2O3S/c1-10(8-3-4-9-7-8)14(11,12)6-5-13-2/h8-9H,3-7H2,1-2H3. The molecule has 0 aromatic rings. The van der Waals surface area contributed by atoms with E-state index in [1.54, 1.807) is 7.05 Å². The van der Waals surface area contributed by atoms with Gasteiger partial charge in [-0.2, -0.15) is 0 Å². The Balaban J connectivity index is 2.52. The molecule has 6 heteroatoms. The van der Waals surface area contributed by atoms with Crippen LogP contribution < -0.4 is 5.32 Å². The number of nitrogens with zero attached hydrogens (tertiary/aromatic N) is 1. The van der Waals surface area contributed by atoms with Crippen molar-refractivity contribution in [2.75, 3.05) is 39.6 Å². The Morgan fingerprint density at radius 3 is 2.79 bits per heavy atom. The molecule has 0 radical (unpaired) electrons. The molecule has 0 amide bonds. The summed E-state index contributed by atoms with van der Waals surface area (Å²) in [5, 5.41) is 3.14. The number of rotatable bonds is 5. The van der Waals surface area contributed by atoms with Gasteiger partial charge in [0.2, 0.25) is 10.0 Å². The summed E-state index contributed by atoms with van der Waals surface area (Å²) in [5.74, 6) is 0.0660. The van der Waals surface area contributed by atoms with Crippen molar-refractivity contribution in [3.63, 3.8) is 0 Å². The average Bonchev–Trinajstić information content (AvgIpc) is 2.66. The first-order chi connectivity index (χ1) is 6.58. The van der Waals surface area contributed by atoms with Crippen molar-refractivity contribution < 1.29 is 13.2 Å². The van der Waals surface area contributed by atoms with Gasteiger partial charge >= 0.3 is 0 Å². The van der Waals surface area contributed by atoms with E-state index in [0.29, 0.717) is 0 Å². The van der Waals surface area contributed by atoms with Gasteiger partial charge in [0, 0.05) is 26.7 Å². The molecule has 1 saturated heterocycles. The Kier molecular flexibility index (Phi) is 4.31. The molecule has 0 aromatic heterocycles. The van der Waals surface area contributed by atoms with Gasteiger partial charge < -0.3 is 10.1 Å². The van der Waals surface area contributed by atoms with Crippen LogP contribution in [0.1, 0.15) is 6.42 Å². The lowest BCUT2D eigenvalue weighted by atomic mass is 10.3. The molecule has 1 N–H and O–H groups in total. The van der Waals surface area contributed by atoms with Crippen LogP contribution in [-0.4, -0.2) is 58.4 Å². The van der Waals surface area contributed by atoms with Gasteiger partial charge in [0.25, 0.3) is 0 Å². The van der Waals surface area contributed by atoms with Gasteiger partial charge in [-0.25, -0.2) is 12.7 Å². The van der Waals surface area contributed by atoms with E-state index in [0.717, 1.165) is 19.5 Å². The number of likely N-dealkylation sites (N-methyl/N-ethyl adjacent to an activating group) is 1. The number of nitrogens with one attached hydrogen (secondary N) is 1. The minimum absolute atomic E-state index is 0.0660. The molecule has 0 aliphatic carbocycles. The minimum Gasteiger partial charge on any atom is -0.384 e. The number of hydrogen-bond acceptors (Lipinski definition) is 4. The van der Waals surface area contributed by atoms with E-state index in [9.17, 15) is 8.42 Å². The van der Waals surface area contributed by atoms with Crippen LogP contribution in [0.15, 0.2) is 0 Å². The zero-order valence-electron chi connectivity index (χ0n) is 8.69. The molecule has 0 spiro atoms. The predicted octanol–water partition coefficient (Wildman–Crippen LogP) is -0.744. The van der Waals surface area contributed by atoms with Crippen molar-refractivity contribution in [1.29, 1.82) is 0 Å². The fraction of sp³-hybridized carbons (Fsp3) is 1.00. The molecule has 1 rings (SSSR count). The van der Waals surface area contributed by atoms with Crippen LogP contribution in [0, 0.1) is 0 Å². The van der Waals surface area contributed by atoms with Gasteiger partial charge in [-0.3, -0.25) is 0 Å². The first-order valence-electron chi connectivity index (χ1n) is 4.73. The molecule has 0 saturated carbocycles. The zero-order valence-corrected chi connectivity index (χ0v) is 9.51. The quantitative estimate of drug-likeness (QED) is 0.665. The Bertz CT molecular complexity index is 260. The molecule has 5 nitrogen and oxygen atoms in total. The van der Waals surface area contributed by atoms with Gasteiger partial charge in [-0.05, 0) is 13.0 Å². The second kappa shape index (κ2) is 5.06. The lowest BCUT2D eigenvalue weighted by Crippen LogP contribution is -2.40. The second-order valence-electron chi connectivity index (χ2n) is 3.47. The summed E-state index contributed by atoms with van der Waals surface area (Å²) in [6.07, 6.45) is 0.892. The van der Waals surface area contributed by atoms with Gasteiger partial charge in [0.1, 0.15) is 0 Å². The molecule has 1 unspecified atom stereocenters. The molecule has 0 aromatic carbocycles. The van der Waals surface area contributed by atoms with E-state index in [4.69, 9.17) is 4.74 Å². The average molecular weight is 222 g/mol. The molecule has 84 valence electrons. The molecule has 1 atom stereocenters. The van der Waals surface area contributed by atoms with E-state index in [2.05, 4.69) is 5.32 Å². The molecule has 1 aliphatic heterocycles. The predicted molar refractivity (Wildman–Crippen MR) is 54.7 cm³/mol. The Labute approximate surface area is 85.5 Å². The van der Waals surface area contributed by atoms with Crippen LogP contribution in [-0.2, 0) is 14.8 Å². The monoisotopic (exact) mass is 222 g/mol. The summed E-state index contributed by atoms with van der Waals surface area (Å²) in [5.41, 5.74) is 0. The number of sulfonamides is 1. The molecule has 1 aliphatic rings. The highest BCUT2D eigenvalue weighted by Crippen LogP contribution is 2.11. The number of hydrogen-bond donors (Lipinski definition) is 1. The highest BCUT2D eigenvalue weighted by Gasteiger charge is 2.27. The van der Waals surface area contributed by atoms with Crippen molar-refractivity contribution in [2.24, 2.45) is 0 Å². The van der Waals surface area contributed by atoms with E-state index in [-0.39, 0.29) is 18.4 Å². The Morgan fingerprint density at radius 1 is 1.57 bits per heavy atom. The van der Waals surface area contributed by atoms with Crippen molar-refractivity contribution in [3.8, 4) is 0 Å². The highest BCUT2D eigenvalue weighted by atomic mass is 32.2.